The smallest absolute Gasteiger partial charge is 0.416 e. The van der Waals surface area contributed by atoms with Crippen molar-refractivity contribution in [2.45, 2.75) is 33.4 Å². The number of nitrogens with one attached hydrogen (secondary N) is 1. The third-order valence-electron chi connectivity index (χ3n) is 5.03. The molecule has 2 aromatic carbocycles. The fourth-order valence-corrected chi connectivity index (χ4v) is 3.48. The van der Waals surface area contributed by atoms with Crippen LogP contribution < -0.4 is 10.1 Å². The van der Waals surface area contributed by atoms with Crippen molar-refractivity contribution < 1.29 is 22.7 Å². The number of rotatable bonds is 6. The van der Waals surface area contributed by atoms with E-state index in [4.69, 9.17) is 4.74 Å². The summed E-state index contributed by atoms with van der Waals surface area (Å²) in [5, 5.41) is 7.16. The van der Waals surface area contributed by atoms with Gasteiger partial charge in [0.15, 0.2) is 5.82 Å². The second-order valence-electron chi connectivity index (χ2n) is 8.00. The van der Waals surface area contributed by atoms with Crippen LogP contribution >= 0.6 is 0 Å². The summed E-state index contributed by atoms with van der Waals surface area (Å²) in [5.41, 5.74) is 2.06. The Morgan fingerprint density at radius 3 is 2.26 bits per heavy atom. The van der Waals surface area contributed by atoms with E-state index in [1.54, 1.807) is 41.9 Å². The Balaban J connectivity index is 1.39. The van der Waals surface area contributed by atoms with Gasteiger partial charge in [-0.1, -0.05) is 12.1 Å². The van der Waals surface area contributed by atoms with Gasteiger partial charge in [-0.3, -0.25) is 4.79 Å². The molecule has 7 nitrogen and oxygen atoms in total. The molecule has 0 saturated carbocycles. The Bertz CT molecular complexity index is 1350. The van der Waals surface area contributed by atoms with Gasteiger partial charge < -0.3 is 10.1 Å². The number of aryl methyl sites for hydroxylation is 3. The summed E-state index contributed by atoms with van der Waals surface area (Å²) in [6.07, 6.45) is -4.46. The van der Waals surface area contributed by atoms with E-state index in [1.165, 1.54) is 12.1 Å². The maximum Gasteiger partial charge on any atom is 0.416 e. The van der Waals surface area contributed by atoms with E-state index in [1.807, 2.05) is 19.9 Å². The van der Waals surface area contributed by atoms with E-state index in [2.05, 4.69) is 20.4 Å². The average Bonchev–Trinajstić information content (AvgIpc) is 3.12. The predicted molar refractivity (Wildman–Crippen MR) is 124 cm³/mol. The van der Waals surface area contributed by atoms with Crippen molar-refractivity contribution in [2.24, 2.45) is 0 Å². The number of amides is 1. The molecule has 1 N–H and O–H groups in total. The number of hydrogen-bond donors (Lipinski definition) is 1. The summed E-state index contributed by atoms with van der Waals surface area (Å²) in [6.45, 7) is 5.60. The van der Waals surface area contributed by atoms with Crippen LogP contribution in [0, 0.1) is 20.8 Å². The summed E-state index contributed by atoms with van der Waals surface area (Å²) in [6, 6.07) is 14.8. The van der Waals surface area contributed by atoms with Crippen molar-refractivity contribution in [3.63, 3.8) is 0 Å². The Kier molecular flexibility index (Phi) is 6.54. The highest BCUT2D eigenvalue weighted by Gasteiger charge is 2.30. The normalized spacial score (nSPS) is 11.4. The predicted octanol–water partition coefficient (Wildman–Crippen LogP) is 5.58. The Morgan fingerprint density at radius 1 is 0.971 bits per heavy atom. The lowest BCUT2D eigenvalue weighted by molar-refractivity contribution is -0.137. The van der Waals surface area contributed by atoms with Crippen LogP contribution in [0.25, 0.3) is 5.82 Å². The molecule has 0 spiro atoms. The van der Waals surface area contributed by atoms with Crippen LogP contribution in [0.4, 0.5) is 18.9 Å². The number of aromatic nitrogens is 4. The average molecular weight is 481 g/mol. The van der Waals surface area contributed by atoms with Crippen LogP contribution in [0.5, 0.6) is 11.6 Å². The summed E-state index contributed by atoms with van der Waals surface area (Å²) in [7, 11) is 0. The number of nitrogens with zero attached hydrogens (tertiary/aromatic N) is 4. The molecule has 0 radical (unpaired) electrons. The number of alkyl halides is 3. The van der Waals surface area contributed by atoms with Gasteiger partial charge in [-0.05, 0) is 68.8 Å². The van der Waals surface area contributed by atoms with Crippen LogP contribution in [0.15, 0.2) is 60.7 Å². The summed E-state index contributed by atoms with van der Waals surface area (Å²) in [4.78, 5) is 21.0. The second kappa shape index (κ2) is 9.57. The van der Waals surface area contributed by atoms with Gasteiger partial charge in [0.1, 0.15) is 11.6 Å². The molecule has 180 valence electrons. The molecule has 0 aliphatic heterocycles. The number of hydrogen-bond acceptors (Lipinski definition) is 5. The molecule has 0 bridgehead atoms. The lowest BCUT2D eigenvalue weighted by Gasteiger charge is -2.10. The molecule has 0 aliphatic carbocycles. The molecule has 4 rings (SSSR count). The molecular weight excluding hydrogens is 459 g/mol. The first kappa shape index (κ1) is 23.9. The fraction of sp³-hybridized carbons (Fsp3) is 0.200. The van der Waals surface area contributed by atoms with Crippen LogP contribution in [0.3, 0.4) is 0 Å². The highest BCUT2D eigenvalue weighted by atomic mass is 19.4. The van der Waals surface area contributed by atoms with E-state index in [9.17, 15) is 18.0 Å². The summed E-state index contributed by atoms with van der Waals surface area (Å²) in [5.74, 6) is 1.61. The zero-order valence-electron chi connectivity index (χ0n) is 19.2. The van der Waals surface area contributed by atoms with E-state index in [-0.39, 0.29) is 12.3 Å². The zero-order valence-corrected chi connectivity index (χ0v) is 19.2. The monoisotopic (exact) mass is 481 g/mol. The van der Waals surface area contributed by atoms with Crippen molar-refractivity contribution >= 4 is 11.6 Å². The van der Waals surface area contributed by atoms with Crippen LogP contribution in [0.2, 0.25) is 0 Å². The van der Waals surface area contributed by atoms with Gasteiger partial charge >= 0.3 is 6.18 Å². The number of ether oxygens (including phenoxy) is 1. The van der Waals surface area contributed by atoms with Gasteiger partial charge in [0.2, 0.25) is 11.8 Å². The molecule has 10 heteroatoms. The van der Waals surface area contributed by atoms with Crippen LogP contribution in [0.1, 0.15) is 28.3 Å². The Labute approximate surface area is 199 Å². The van der Waals surface area contributed by atoms with Gasteiger partial charge in [0.05, 0.1) is 17.7 Å². The molecule has 0 saturated heterocycles. The van der Waals surface area contributed by atoms with Gasteiger partial charge in [-0.2, -0.15) is 23.3 Å². The molecule has 0 atom stereocenters. The van der Waals surface area contributed by atoms with Gasteiger partial charge in [0.25, 0.3) is 0 Å². The molecule has 0 fully saturated rings. The highest BCUT2D eigenvalue weighted by molar-refractivity contribution is 5.92. The van der Waals surface area contributed by atoms with Crippen molar-refractivity contribution in [3.8, 4) is 17.4 Å². The molecule has 1 amide bonds. The summed E-state index contributed by atoms with van der Waals surface area (Å²) >= 11 is 0. The lowest BCUT2D eigenvalue weighted by Crippen LogP contribution is -2.14. The molecule has 0 aliphatic rings. The van der Waals surface area contributed by atoms with E-state index < -0.39 is 11.7 Å². The minimum absolute atomic E-state index is 0.0499. The zero-order chi connectivity index (χ0) is 25.2. The minimum atomic E-state index is -4.41. The first-order valence-corrected chi connectivity index (χ1v) is 10.7. The maximum atomic E-state index is 12.7. The summed E-state index contributed by atoms with van der Waals surface area (Å²) < 4.78 is 45.6. The number of carbonyl (C=O) groups is 1. The van der Waals surface area contributed by atoms with Gasteiger partial charge in [0, 0.05) is 17.4 Å². The topological polar surface area (TPSA) is 81.9 Å². The lowest BCUT2D eigenvalue weighted by atomic mass is 10.1. The quantitative estimate of drug-likeness (QED) is 0.389. The second-order valence-corrected chi connectivity index (χ2v) is 8.00. The van der Waals surface area contributed by atoms with E-state index >= 15 is 0 Å². The van der Waals surface area contributed by atoms with Crippen LogP contribution in [-0.2, 0) is 17.4 Å². The van der Waals surface area contributed by atoms with Gasteiger partial charge in [-0.25, -0.2) is 9.67 Å². The third-order valence-corrected chi connectivity index (χ3v) is 5.03. The largest absolute Gasteiger partial charge is 0.439 e. The Morgan fingerprint density at radius 2 is 1.66 bits per heavy atom. The van der Waals surface area contributed by atoms with Crippen molar-refractivity contribution in [3.05, 3.63) is 89.0 Å². The molecule has 4 aromatic rings. The Hall–Kier alpha value is -4.21. The molecule has 2 heterocycles. The highest BCUT2D eigenvalue weighted by Crippen LogP contribution is 2.29. The van der Waals surface area contributed by atoms with Gasteiger partial charge in [-0.15, -0.1) is 0 Å². The molecule has 35 heavy (non-hydrogen) atoms. The van der Waals surface area contributed by atoms with E-state index in [0.29, 0.717) is 34.5 Å². The molecule has 2 aromatic heterocycles. The third kappa shape index (κ3) is 6.03. The standard InChI is InChI=1S/C25H22F3N5O2/c1-15-12-16(2)33(32-15)22-14-24(30-17(3)29-22)35-21-10-8-20(9-11-21)31-23(34)13-18-4-6-19(7-5-18)25(26,27)28/h4-12,14H,13H2,1-3H3,(H,31,34). The number of halogens is 3. The molecular formula is C25H22F3N5O2. The minimum Gasteiger partial charge on any atom is -0.439 e. The first-order chi connectivity index (χ1) is 16.6. The molecule has 0 unspecified atom stereocenters. The van der Waals surface area contributed by atoms with Crippen LogP contribution in [-0.4, -0.2) is 25.7 Å². The van der Waals surface area contributed by atoms with E-state index in [0.717, 1.165) is 23.5 Å². The van der Waals surface area contributed by atoms with Crippen molar-refractivity contribution in [1.29, 1.82) is 0 Å². The SMILES string of the molecule is Cc1cc(C)n(-c2cc(Oc3ccc(NC(=O)Cc4ccc(C(F)(F)F)cc4)cc3)nc(C)n2)n1. The number of carbonyl (C=O) groups excluding carboxylic acids is 1. The fourth-order valence-electron chi connectivity index (χ4n) is 3.48. The number of benzene rings is 2. The first-order valence-electron chi connectivity index (χ1n) is 10.7. The maximum absolute atomic E-state index is 12.7. The van der Waals surface area contributed by atoms with Crippen molar-refractivity contribution in [2.75, 3.05) is 5.32 Å². The number of anilines is 1. The van der Waals surface area contributed by atoms with Crippen molar-refractivity contribution in [1.82, 2.24) is 19.7 Å².